The third kappa shape index (κ3) is 2.89. The number of aliphatic hydroxyl groups is 1. The first-order valence-electron chi connectivity index (χ1n) is 6.21. The summed E-state index contributed by atoms with van der Waals surface area (Å²) in [6, 6.07) is 4.86. The highest BCUT2D eigenvalue weighted by Crippen LogP contribution is 2.33. The van der Waals surface area contributed by atoms with E-state index in [1.165, 1.54) is 20.2 Å². The van der Waals surface area contributed by atoms with Gasteiger partial charge in [-0.15, -0.1) is 0 Å². The van der Waals surface area contributed by atoms with Crippen LogP contribution in [0.15, 0.2) is 23.1 Å². The zero-order valence-electron chi connectivity index (χ0n) is 12.6. The van der Waals surface area contributed by atoms with Crippen LogP contribution in [-0.2, 0) is 10.0 Å². The SMILES string of the molecule is CN(c1cccc(S(=O)(=O)N(C)C)c1N)C(C)(C)CO. The Morgan fingerprint density at radius 1 is 1.25 bits per heavy atom. The van der Waals surface area contributed by atoms with Gasteiger partial charge in [-0.25, -0.2) is 12.7 Å². The Kier molecular flexibility index (Phi) is 4.68. The molecule has 0 saturated carbocycles. The number of nitrogen functional groups attached to an aromatic ring is 1. The Balaban J connectivity index is 3.42. The fourth-order valence-electron chi connectivity index (χ4n) is 1.68. The van der Waals surface area contributed by atoms with Crippen molar-refractivity contribution in [2.24, 2.45) is 0 Å². The molecule has 0 heterocycles. The summed E-state index contributed by atoms with van der Waals surface area (Å²) in [5.41, 5.74) is 6.24. The van der Waals surface area contributed by atoms with Crippen molar-refractivity contribution in [2.45, 2.75) is 24.3 Å². The second-order valence-electron chi connectivity index (χ2n) is 5.51. The number of nitrogens with two attached hydrogens (primary N) is 1. The molecule has 0 unspecified atom stereocenters. The van der Waals surface area contributed by atoms with E-state index in [-0.39, 0.29) is 17.2 Å². The Morgan fingerprint density at radius 2 is 1.80 bits per heavy atom. The Bertz CT molecular complexity index is 583. The normalized spacial score (nSPS) is 12.8. The second kappa shape index (κ2) is 5.59. The molecule has 0 amide bonds. The lowest BCUT2D eigenvalue weighted by atomic mass is 10.0. The van der Waals surface area contributed by atoms with Gasteiger partial charge in [0.25, 0.3) is 0 Å². The third-order valence-corrected chi connectivity index (χ3v) is 5.33. The molecule has 6 nitrogen and oxygen atoms in total. The predicted octanol–water partition coefficient (Wildman–Crippen LogP) is 0.726. The van der Waals surface area contributed by atoms with Gasteiger partial charge in [0.1, 0.15) is 4.90 Å². The molecule has 1 rings (SSSR count). The molecule has 0 aliphatic rings. The Hall–Kier alpha value is -1.31. The van der Waals surface area contributed by atoms with Crippen LogP contribution in [0.4, 0.5) is 11.4 Å². The van der Waals surface area contributed by atoms with E-state index < -0.39 is 15.6 Å². The molecule has 0 fully saturated rings. The Labute approximate surface area is 120 Å². The summed E-state index contributed by atoms with van der Waals surface area (Å²) < 4.78 is 25.6. The number of rotatable bonds is 5. The third-order valence-electron chi connectivity index (χ3n) is 3.46. The monoisotopic (exact) mass is 301 g/mol. The van der Waals surface area contributed by atoms with Gasteiger partial charge in [0.15, 0.2) is 0 Å². The molecule has 7 heteroatoms. The molecular weight excluding hydrogens is 278 g/mol. The molecular formula is C13H23N3O3S. The van der Waals surface area contributed by atoms with Gasteiger partial charge in [0.05, 0.1) is 23.5 Å². The number of para-hydroxylation sites is 1. The van der Waals surface area contributed by atoms with Gasteiger partial charge in [-0.3, -0.25) is 0 Å². The first kappa shape index (κ1) is 16.7. The van der Waals surface area contributed by atoms with Crippen molar-refractivity contribution in [1.82, 2.24) is 4.31 Å². The van der Waals surface area contributed by atoms with Gasteiger partial charge in [-0.05, 0) is 26.0 Å². The lowest BCUT2D eigenvalue weighted by Crippen LogP contribution is -2.44. The average Bonchev–Trinajstić information content (AvgIpc) is 2.37. The fraction of sp³-hybridized carbons (Fsp3) is 0.538. The van der Waals surface area contributed by atoms with Gasteiger partial charge in [-0.2, -0.15) is 0 Å². The van der Waals surface area contributed by atoms with E-state index in [0.29, 0.717) is 5.69 Å². The van der Waals surface area contributed by atoms with Crippen LogP contribution in [0.1, 0.15) is 13.8 Å². The number of aliphatic hydroxyl groups excluding tert-OH is 1. The summed E-state index contributed by atoms with van der Waals surface area (Å²) in [4.78, 5) is 1.84. The van der Waals surface area contributed by atoms with Crippen molar-refractivity contribution in [2.75, 3.05) is 38.4 Å². The molecule has 0 radical (unpaired) electrons. The van der Waals surface area contributed by atoms with Gasteiger partial charge in [0.2, 0.25) is 10.0 Å². The average molecular weight is 301 g/mol. The van der Waals surface area contributed by atoms with Crippen LogP contribution in [0.5, 0.6) is 0 Å². The van der Waals surface area contributed by atoms with Crippen LogP contribution in [0.2, 0.25) is 0 Å². The molecule has 0 aliphatic heterocycles. The summed E-state index contributed by atoms with van der Waals surface area (Å²) in [5, 5.41) is 9.43. The molecule has 114 valence electrons. The van der Waals surface area contributed by atoms with Crippen LogP contribution in [0.3, 0.4) is 0 Å². The predicted molar refractivity (Wildman–Crippen MR) is 81.3 cm³/mol. The van der Waals surface area contributed by atoms with Gasteiger partial charge in [0, 0.05) is 21.1 Å². The minimum absolute atomic E-state index is 0.0700. The maximum Gasteiger partial charge on any atom is 0.244 e. The van der Waals surface area contributed by atoms with Gasteiger partial charge < -0.3 is 15.7 Å². The molecule has 0 spiro atoms. The van der Waals surface area contributed by atoms with Crippen LogP contribution < -0.4 is 10.6 Å². The number of anilines is 2. The fourth-order valence-corrected chi connectivity index (χ4v) is 2.71. The highest BCUT2D eigenvalue weighted by molar-refractivity contribution is 7.89. The first-order chi connectivity index (χ1) is 9.05. The number of hydrogen-bond donors (Lipinski definition) is 2. The van der Waals surface area contributed by atoms with Crippen LogP contribution >= 0.6 is 0 Å². The van der Waals surface area contributed by atoms with Crippen molar-refractivity contribution in [3.63, 3.8) is 0 Å². The van der Waals surface area contributed by atoms with Crippen molar-refractivity contribution in [3.8, 4) is 0 Å². The summed E-state index contributed by atoms with van der Waals surface area (Å²) in [5.74, 6) is 0. The van der Waals surface area contributed by atoms with Gasteiger partial charge >= 0.3 is 0 Å². The van der Waals surface area contributed by atoms with Crippen molar-refractivity contribution < 1.29 is 13.5 Å². The minimum Gasteiger partial charge on any atom is -0.396 e. The molecule has 1 aromatic rings. The lowest BCUT2D eigenvalue weighted by molar-refractivity contribution is 0.216. The van der Waals surface area contributed by atoms with E-state index in [2.05, 4.69) is 0 Å². The second-order valence-corrected chi connectivity index (χ2v) is 7.63. The molecule has 0 saturated heterocycles. The number of hydrogen-bond acceptors (Lipinski definition) is 5. The maximum atomic E-state index is 12.2. The Morgan fingerprint density at radius 3 is 2.25 bits per heavy atom. The molecule has 1 aromatic carbocycles. The summed E-state index contributed by atoms with van der Waals surface area (Å²) in [6.07, 6.45) is 0. The number of likely N-dealkylation sites (N-methyl/N-ethyl adjacent to an activating group) is 1. The topological polar surface area (TPSA) is 86.9 Å². The highest BCUT2D eigenvalue weighted by Gasteiger charge is 2.28. The van der Waals surface area contributed by atoms with Crippen molar-refractivity contribution in [1.29, 1.82) is 0 Å². The molecule has 20 heavy (non-hydrogen) atoms. The zero-order valence-corrected chi connectivity index (χ0v) is 13.4. The van der Waals surface area contributed by atoms with E-state index in [9.17, 15) is 13.5 Å². The molecule has 3 N–H and O–H groups in total. The van der Waals surface area contributed by atoms with Crippen LogP contribution in [-0.4, -0.2) is 51.1 Å². The maximum absolute atomic E-state index is 12.2. The van der Waals surface area contributed by atoms with Crippen LogP contribution in [0, 0.1) is 0 Å². The zero-order chi connectivity index (χ0) is 15.7. The summed E-state index contributed by atoms with van der Waals surface area (Å²) in [6.45, 7) is 3.62. The summed E-state index contributed by atoms with van der Waals surface area (Å²) >= 11 is 0. The number of nitrogens with zero attached hydrogens (tertiary/aromatic N) is 2. The molecule has 0 aromatic heterocycles. The van der Waals surface area contributed by atoms with Crippen molar-refractivity contribution in [3.05, 3.63) is 18.2 Å². The van der Waals surface area contributed by atoms with E-state index in [1.807, 2.05) is 13.8 Å². The largest absolute Gasteiger partial charge is 0.396 e. The standard InChI is InChI=1S/C13H23N3O3S/c1-13(2,9-17)16(5)10-7-6-8-11(12(10)14)20(18,19)15(3)4/h6-8,17H,9,14H2,1-5H3. The van der Waals surface area contributed by atoms with E-state index in [4.69, 9.17) is 5.73 Å². The van der Waals surface area contributed by atoms with E-state index in [1.54, 1.807) is 24.1 Å². The number of benzene rings is 1. The minimum atomic E-state index is -3.60. The molecule has 0 aliphatic carbocycles. The molecule has 0 atom stereocenters. The summed E-state index contributed by atoms with van der Waals surface area (Å²) in [7, 11) is 1.10. The van der Waals surface area contributed by atoms with Crippen molar-refractivity contribution >= 4 is 21.4 Å². The quantitative estimate of drug-likeness (QED) is 0.783. The highest BCUT2D eigenvalue weighted by atomic mass is 32.2. The van der Waals surface area contributed by atoms with Crippen LogP contribution in [0.25, 0.3) is 0 Å². The lowest BCUT2D eigenvalue weighted by Gasteiger charge is -2.36. The number of sulfonamides is 1. The first-order valence-corrected chi connectivity index (χ1v) is 7.65. The smallest absolute Gasteiger partial charge is 0.244 e. The van der Waals surface area contributed by atoms with E-state index >= 15 is 0 Å². The van der Waals surface area contributed by atoms with Gasteiger partial charge in [-0.1, -0.05) is 6.07 Å². The van der Waals surface area contributed by atoms with E-state index in [0.717, 1.165) is 4.31 Å². The molecule has 0 bridgehead atoms.